The highest BCUT2D eigenvalue weighted by Crippen LogP contribution is 2.38. The summed E-state index contributed by atoms with van der Waals surface area (Å²) in [5.74, 6) is 1.33. The van der Waals surface area contributed by atoms with E-state index in [4.69, 9.17) is 23.9 Å². The van der Waals surface area contributed by atoms with Crippen molar-refractivity contribution in [3.05, 3.63) is 59.8 Å². The number of aryl methyl sites for hydroxylation is 2. The van der Waals surface area contributed by atoms with Crippen LogP contribution in [0, 0.1) is 0 Å². The van der Waals surface area contributed by atoms with E-state index < -0.39 is 0 Å². The highest BCUT2D eigenvalue weighted by molar-refractivity contribution is 5.93. The first-order chi connectivity index (χ1) is 20.6. The summed E-state index contributed by atoms with van der Waals surface area (Å²) < 4.78 is 22.9. The molecule has 7 rings (SSSR count). The van der Waals surface area contributed by atoms with E-state index >= 15 is 0 Å². The van der Waals surface area contributed by atoms with Crippen LogP contribution in [-0.2, 0) is 22.3 Å². The van der Waals surface area contributed by atoms with Gasteiger partial charge in [0.05, 0.1) is 32.6 Å². The maximum Gasteiger partial charge on any atom is 0.181 e. The molecular formula is C34H40N4O4. The van der Waals surface area contributed by atoms with Gasteiger partial charge in [0.1, 0.15) is 12.7 Å². The van der Waals surface area contributed by atoms with Gasteiger partial charge in [0.15, 0.2) is 17.1 Å². The van der Waals surface area contributed by atoms with E-state index in [-0.39, 0.29) is 6.10 Å². The zero-order valence-electron chi connectivity index (χ0n) is 24.7. The quantitative estimate of drug-likeness (QED) is 0.281. The Morgan fingerprint density at radius 1 is 0.952 bits per heavy atom. The van der Waals surface area contributed by atoms with Crippen molar-refractivity contribution in [2.75, 3.05) is 46.6 Å². The monoisotopic (exact) mass is 568 g/mol. The van der Waals surface area contributed by atoms with Crippen molar-refractivity contribution in [2.24, 2.45) is 0 Å². The molecule has 2 saturated heterocycles. The number of ether oxygens (including phenoxy) is 4. The molecule has 42 heavy (non-hydrogen) atoms. The molecule has 2 aromatic carbocycles. The Kier molecular flexibility index (Phi) is 7.61. The van der Waals surface area contributed by atoms with Gasteiger partial charge < -0.3 is 18.9 Å². The number of likely N-dealkylation sites (tertiary alicyclic amines) is 1. The highest BCUT2D eigenvalue weighted by Gasteiger charge is 2.35. The van der Waals surface area contributed by atoms with Crippen LogP contribution in [0.3, 0.4) is 0 Å². The van der Waals surface area contributed by atoms with Crippen LogP contribution in [0.15, 0.2) is 48.7 Å². The van der Waals surface area contributed by atoms with Gasteiger partial charge in [-0.1, -0.05) is 18.2 Å². The number of methoxy groups -OCH3 is 1. The molecule has 0 amide bonds. The summed E-state index contributed by atoms with van der Waals surface area (Å²) in [7, 11) is 1.66. The van der Waals surface area contributed by atoms with Gasteiger partial charge in [-0.3, -0.25) is 10.00 Å². The van der Waals surface area contributed by atoms with Crippen LogP contribution in [0.5, 0.6) is 11.5 Å². The molecule has 2 atom stereocenters. The Bertz CT molecular complexity index is 1560. The molecule has 2 aliphatic heterocycles. The number of aromatic amines is 1. The lowest BCUT2D eigenvalue weighted by Crippen LogP contribution is -2.44. The van der Waals surface area contributed by atoms with Gasteiger partial charge in [0, 0.05) is 28.2 Å². The van der Waals surface area contributed by atoms with Crippen LogP contribution in [-0.4, -0.2) is 78.4 Å². The number of aromatic nitrogens is 3. The van der Waals surface area contributed by atoms with Gasteiger partial charge in [0.2, 0.25) is 0 Å². The molecule has 3 aliphatic rings. The summed E-state index contributed by atoms with van der Waals surface area (Å²) in [6.45, 7) is 7.17. The molecule has 1 N–H and O–H groups in total. The van der Waals surface area contributed by atoms with Crippen molar-refractivity contribution in [1.29, 1.82) is 0 Å². The number of H-pyrrole nitrogens is 1. The number of nitrogens with zero attached hydrogens (tertiary/aromatic N) is 3. The normalized spacial score (nSPS) is 23.0. The Morgan fingerprint density at radius 2 is 1.79 bits per heavy atom. The Hall–Kier alpha value is -3.46. The number of nitrogens with one attached hydrogen (secondary N) is 1. The summed E-state index contributed by atoms with van der Waals surface area (Å²) in [5.41, 5.74) is 8.15. The molecule has 4 aromatic rings. The van der Waals surface area contributed by atoms with E-state index in [0.29, 0.717) is 49.1 Å². The van der Waals surface area contributed by atoms with Gasteiger partial charge >= 0.3 is 0 Å². The number of fused-ring (bicyclic) bond motifs is 2. The maximum atomic E-state index is 6.03. The molecule has 1 aliphatic carbocycles. The van der Waals surface area contributed by atoms with Crippen LogP contribution in [0.2, 0.25) is 0 Å². The number of hydrogen-bond donors (Lipinski definition) is 1. The molecule has 220 valence electrons. The molecule has 0 saturated carbocycles. The fourth-order valence-electron chi connectivity index (χ4n) is 6.82. The molecule has 2 fully saturated rings. The van der Waals surface area contributed by atoms with E-state index in [1.807, 2.05) is 24.4 Å². The van der Waals surface area contributed by atoms with Crippen molar-refractivity contribution < 1.29 is 18.9 Å². The summed E-state index contributed by atoms with van der Waals surface area (Å²) in [4.78, 5) is 7.46. The van der Waals surface area contributed by atoms with Gasteiger partial charge in [-0.2, -0.15) is 5.10 Å². The van der Waals surface area contributed by atoms with Crippen molar-refractivity contribution in [2.45, 2.75) is 57.1 Å². The van der Waals surface area contributed by atoms with Gasteiger partial charge in [-0.25, -0.2) is 4.98 Å². The predicted molar refractivity (Wildman–Crippen MR) is 163 cm³/mol. The third kappa shape index (κ3) is 5.39. The first-order valence-electron chi connectivity index (χ1n) is 15.3. The lowest BCUT2D eigenvalue weighted by molar-refractivity contribution is -0.101. The van der Waals surface area contributed by atoms with Crippen molar-refractivity contribution in [1.82, 2.24) is 20.1 Å². The van der Waals surface area contributed by atoms with E-state index in [0.717, 1.165) is 35.0 Å². The predicted octanol–water partition coefficient (Wildman–Crippen LogP) is 5.83. The van der Waals surface area contributed by atoms with E-state index in [1.54, 1.807) is 7.11 Å². The standard InChI is InChI=1S/C34H40N4O4/c1-34(38-13-3-4-14-38)11-9-23-5-6-24(17-25(23)10-12-34)27-18-29-32(36-37-33(29)35-20-27)26-7-8-30(31(19-26)39-2)42-22-28-21-40-15-16-41-28/h5-8,17-20,28H,3-4,9-16,21-22H2,1-2H3,(H,35,36,37)/t28-,34?/m1/s1. The Morgan fingerprint density at radius 3 is 2.60 bits per heavy atom. The number of pyridine rings is 1. The molecule has 8 nitrogen and oxygen atoms in total. The Balaban J connectivity index is 1.13. The third-order valence-electron chi connectivity index (χ3n) is 9.45. The average Bonchev–Trinajstić information content (AvgIpc) is 3.70. The topological polar surface area (TPSA) is 81.7 Å². The second-order valence-corrected chi connectivity index (χ2v) is 12.1. The SMILES string of the molecule is COc1cc(-c2[nH]nc3ncc(-c4ccc5c(c4)CCC(C)(N4CCCC4)CC5)cc23)ccc1OC[C@H]1COCCO1. The van der Waals surface area contributed by atoms with Crippen LogP contribution in [0.4, 0.5) is 0 Å². The minimum Gasteiger partial charge on any atom is -0.493 e. The summed E-state index contributed by atoms with van der Waals surface area (Å²) in [6, 6.07) is 15.1. The fraction of sp³-hybridized carbons (Fsp3) is 0.471. The van der Waals surface area contributed by atoms with E-state index in [2.05, 4.69) is 46.3 Å². The number of benzene rings is 2. The molecule has 0 spiro atoms. The number of hydrogen-bond acceptors (Lipinski definition) is 7. The first-order valence-corrected chi connectivity index (χ1v) is 15.3. The lowest BCUT2D eigenvalue weighted by Gasteiger charge is -2.38. The van der Waals surface area contributed by atoms with Gasteiger partial charge in [-0.15, -0.1) is 0 Å². The van der Waals surface area contributed by atoms with Crippen LogP contribution in [0.25, 0.3) is 33.4 Å². The van der Waals surface area contributed by atoms with Gasteiger partial charge in [0.25, 0.3) is 0 Å². The van der Waals surface area contributed by atoms with Crippen molar-refractivity contribution >= 4 is 11.0 Å². The third-order valence-corrected chi connectivity index (χ3v) is 9.45. The summed E-state index contributed by atoms with van der Waals surface area (Å²) in [6.07, 6.45) is 9.27. The van der Waals surface area contributed by atoms with E-state index in [9.17, 15) is 0 Å². The summed E-state index contributed by atoms with van der Waals surface area (Å²) in [5, 5.41) is 8.68. The first kappa shape index (κ1) is 27.4. The second-order valence-electron chi connectivity index (χ2n) is 12.1. The summed E-state index contributed by atoms with van der Waals surface area (Å²) >= 11 is 0. The lowest BCUT2D eigenvalue weighted by atomic mass is 9.90. The van der Waals surface area contributed by atoms with E-state index in [1.165, 1.54) is 55.5 Å². The zero-order valence-corrected chi connectivity index (χ0v) is 24.7. The molecule has 0 radical (unpaired) electrons. The fourth-order valence-corrected chi connectivity index (χ4v) is 6.82. The highest BCUT2D eigenvalue weighted by atomic mass is 16.6. The van der Waals surface area contributed by atoms with Crippen molar-refractivity contribution in [3.63, 3.8) is 0 Å². The molecule has 0 bridgehead atoms. The van der Waals surface area contributed by atoms with Crippen LogP contribution in [0.1, 0.15) is 43.7 Å². The largest absolute Gasteiger partial charge is 0.493 e. The molecule has 8 heteroatoms. The molecular weight excluding hydrogens is 528 g/mol. The Labute approximate surface area is 247 Å². The van der Waals surface area contributed by atoms with Crippen LogP contribution < -0.4 is 9.47 Å². The van der Waals surface area contributed by atoms with Crippen molar-refractivity contribution in [3.8, 4) is 33.9 Å². The van der Waals surface area contributed by atoms with Gasteiger partial charge in [-0.05, 0) is 99.5 Å². The zero-order chi connectivity index (χ0) is 28.5. The molecule has 4 heterocycles. The minimum atomic E-state index is -0.0771. The number of rotatable bonds is 7. The minimum absolute atomic E-state index is 0.0771. The molecule has 1 unspecified atom stereocenters. The smallest absolute Gasteiger partial charge is 0.181 e. The molecule has 2 aromatic heterocycles. The maximum absolute atomic E-state index is 6.03. The van der Waals surface area contributed by atoms with Crippen LogP contribution >= 0.6 is 0 Å². The average molecular weight is 569 g/mol. The second kappa shape index (κ2) is 11.7.